The number of nitrogens with one attached hydrogen (secondary N) is 1. The van der Waals surface area contributed by atoms with Crippen LogP contribution in [0, 0.1) is 12.8 Å². The molecule has 1 rings (SSSR count). The van der Waals surface area contributed by atoms with E-state index in [9.17, 15) is 0 Å². The van der Waals surface area contributed by atoms with E-state index in [0.717, 1.165) is 17.6 Å². The summed E-state index contributed by atoms with van der Waals surface area (Å²) in [6, 6.07) is 6.24. The monoisotopic (exact) mass is 256 g/mol. The molecule has 0 aromatic heterocycles. The van der Waals surface area contributed by atoms with E-state index >= 15 is 0 Å². The normalized spacial score (nSPS) is 12.6. The molecule has 0 heterocycles. The first-order valence-electron chi connectivity index (χ1n) is 4.83. The van der Waals surface area contributed by atoms with E-state index in [1.807, 2.05) is 6.07 Å². The summed E-state index contributed by atoms with van der Waals surface area (Å²) < 4.78 is 1.12. The topological polar surface area (TPSA) is 38.0 Å². The first-order valence-corrected chi connectivity index (χ1v) is 5.63. The fourth-order valence-electron chi connectivity index (χ4n) is 1.19. The molecule has 0 aliphatic carbocycles. The molecule has 78 valence electrons. The highest BCUT2D eigenvalue weighted by molar-refractivity contribution is 9.10. The summed E-state index contributed by atoms with van der Waals surface area (Å²) in [5.74, 6) is 0.512. The second kappa shape index (κ2) is 5.37. The summed E-state index contributed by atoms with van der Waals surface area (Å²) in [6.07, 6.45) is 0. The van der Waals surface area contributed by atoms with Crippen LogP contribution in [0.25, 0.3) is 0 Å². The first kappa shape index (κ1) is 11.5. The van der Waals surface area contributed by atoms with Crippen LogP contribution >= 0.6 is 15.9 Å². The van der Waals surface area contributed by atoms with Gasteiger partial charge in [-0.1, -0.05) is 22.9 Å². The Morgan fingerprint density at radius 1 is 1.50 bits per heavy atom. The van der Waals surface area contributed by atoms with Crippen LogP contribution in [0.15, 0.2) is 22.7 Å². The minimum Gasteiger partial charge on any atom is -0.385 e. The maximum absolute atomic E-state index is 5.55. The minimum atomic E-state index is 0.512. The predicted molar refractivity (Wildman–Crippen MR) is 65.6 cm³/mol. The van der Waals surface area contributed by atoms with Gasteiger partial charge in [-0.25, -0.2) is 0 Å². The van der Waals surface area contributed by atoms with Gasteiger partial charge in [-0.05, 0) is 43.1 Å². The standard InChI is InChI=1S/C11H17BrN2/c1-8(6-13)7-14-11-4-3-10(12)5-9(11)2/h3-5,8,14H,6-7,13H2,1-2H3. The van der Waals surface area contributed by atoms with Crippen molar-refractivity contribution in [3.8, 4) is 0 Å². The lowest BCUT2D eigenvalue weighted by Crippen LogP contribution is -2.20. The molecule has 0 bridgehead atoms. The van der Waals surface area contributed by atoms with Crippen molar-refractivity contribution >= 4 is 21.6 Å². The Kier molecular flexibility index (Phi) is 4.42. The number of hydrogen-bond acceptors (Lipinski definition) is 2. The molecule has 0 fully saturated rings. The molecule has 1 unspecified atom stereocenters. The highest BCUT2D eigenvalue weighted by Crippen LogP contribution is 2.20. The van der Waals surface area contributed by atoms with E-state index in [0.29, 0.717) is 5.92 Å². The zero-order valence-corrected chi connectivity index (χ0v) is 10.3. The summed E-state index contributed by atoms with van der Waals surface area (Å²) in [5, 5.41) is 3.39. The first-order chi connectivity index (χ1) is 6.63. The molecule has 0 spiro atoms. The zero-order chi connectivity index (χ0) is 10.6. The van der Waals surface area contributed by atoms with Crippen molar-refractivity contribution in [2.75, 3.05) is 18.4 Å². The number of halogens is 1. The summed E-state index contributed by atoms with van der Waals surface area (Å²) in [6.45, 7) is 5.89. The van der Waals surface area contributed by atoms with E-state index in [-0.39, 0.29) is 0 Å². The zero-order valence-electron chi connectivity index (χ0n) is 8.68. The van der Waals surface area contributed by atoms with Crippen molar-refractivity contribution in [1.29, 1.82) is 0 Å². The second-order valence-corrected chi connectivity index (χ2v) is 4.60. The van der Waals surface area contributed by atoms with Gasteiger partial charge in [0.25, 0.3) is 0 Å². The lowest BCUT2D eigenvalue weighted by molar-refractivity contribution is 0.628. The Hall–Kier alpha value is -0.540. The number of anilines is 1. The molecule has 0 saturated heterocycles. The highest BCUT2D eigenvalue weighted by Gasteiger charge is 2.01. The minimum absolute atomic E-state index is 0.512. The number of nitrogens with two attached hydrogens (primary N) is 1. The molecule has 3 heteroatoms. The maximum Gasteiger partial charge on any atom is 0.0370 e. The number of hydrogen-bond donors (Lipinski definition) is 2. The van der Waals surface area contributed by atoms with Crippen molar-refractivity contribution < 1.29 is 0 Å². The van der Waals surface area contributed by atoms with Crippen LogP contribution in [0.3, 0.4) is 0 Å². The number of benzene rings is 1. The van der Waals surface area contributed by atoms with Crippen molar-refractivity contribution in [3.63, 3.8) is 0 Å². The van der Waals surface area contributed by atoms with Gasteiger partial charge in [-0.3, -0.25) is 0 Å². The average Bonchev–Trinajstić information content (AvgIpc) is 2.16. The van der Waals surface area contributed by atoms with E-state index in [1.54, 1.807) is 0 Å². The highest BCUT2D eigenvalue weighted by atomic mass is 79.9. The molecule has 1 aromatic rings. The van der Waals surface area contributed by atoms with Crippen molar-refractivity contribution in [3.05, 3.63) is 28.2 Å². The van der Waals surface area contributed by atoms with E-state index < -0.39 is 0 Å². The van der Waals surface area contributed by atoms with Gasteiger partial charge in [0.1, 0.15) is 0 Å². The molecular weight excluding hydrogens is 240 g/mol. The predicted octanol–water partition coefficient (Wildman–Crippen LogP) is 2.76. The lowest BCUT2D eigenvalue weighted by Gasteiger charge is -2.13. The van der Waals surface area contributed by atoms with Crippen LogP contribution in [-0.4, -0.2) is 13.1 Å². The third kappa shape index (κ3) is 3.31. The molecule has 0 radical (unpaired) electrons. The summed E-state index contributed by atoms with van der Waals surface area (Å²) >= 11 is 3.44. The Bertz CT molecular complexity index is 299. The largest absolute Gasteiger partial charge is 0.385 e. The molecule has 0 aliphatic heterocycles. The number of rotatable bonds is 4. The van der Waals surface area contributed by atoms with Crippen LogP contribution < -0.4 is 11.1 Å². The smallest absolute Gasteiger partial charge is 0.0370 e. The van der Waals surface area contributed by atoms with Gasteiger partial charge >= 0.3 is 0 Å². The fourth-order valence-corrected chi connectivity index (χ4v) is 1.67. The average molecular weight is 257 g/mol. The van der Waals surface area contributed by atoms with E-state index in [1.165, 1.54) is 11.3 Å². The summed E-state index contributed by atoms with van der Waals surface area (Å²) in [7, 11) is 0. The maximum atomic E-state index is 5.55. The summed E-state index contributed by atoms with van der Waals surface area (Å²) in [4.78, 5) is 0. The van der Waals surface area contributed by atoms with Crippen LogP contribution in [0.2, 0.25) is 0 Å². The van der Waals surface area contributed by atoms with Gasteiger partial charge in [0.15, 0.2) is 0 Å². The Morgan fingerprint density at radius 3 is 2.79 bits per heavy atom. The third-order valence-corrected chi connectivity index (χ3v) is 2.73. The number of aryl methyl sites for hydroxylation is 1. The van der Waals surface area contributed by atoms with Crippen LogP contribution in [0.5, 0.6) is 0 Å². The molecular formula is C11H17BrN2. The molecule has 3 N–H and O–H groups in total. The van der Waals surface area contributed by atoms with Gasteiger partial charge in [0.05, 0.1) is 0 Å². The van der Waals surface area contributed by atoms with Crippen LogP contribution in [0.4, 0.5) is 5.69 Å². The Morgan fingerprint density at radius 2 is 2.21 bits per heavy atom. The van der Waals surface area contributed by atoms with Crippen LogP contribution in [0.1, 0.15) is 12.5 Å². The molecule has 0 aliphatic rings. The second-order valence-electron chi connectivity index (χ2n) is 3.68. The molecule has 1 atom stereocenters. The lowest BCUT2D eigenvalue weighted by atomic mass is 10.1. The molecule has 14 heavy (non-hydrogen) atoms. The van der Waals surface area contributed by atoms with Gasteiger partial charge in [0, 0.05) is 16.7 Å². The molecule has 1 aromatic carbocycles. The van der Waals surface area contributed by atoms with Gasteiger partial charge in [0.2, 0.25) is 0 Å². The Labute approximate surface area is 94.0 Å². The molecule has 0 saturated carbocycles. The van der Waals surface area contributed by atoms with Crippen molar-refractivity contribution in [1.82, 2.24) is 0 Å². The molecule has 0 amide bonds. The van der Waals surface area contributed by atoms with Crippen molar-refractivity contribution in [2.24, 2.45) is 11.7 Å². The SMILES string of the molecule is Cc1cc(Br)ccc1NCC(C)CN. The third-order valence-electron chi connectivity index (χ3n) is 2.23. The molecule has 2 nitrogen and oxygen atoms in total. The van der Waals surface area contributed by atoms with E-state index in [2.05, 4.69) is 47.2 Å². The van der Waals surface area contributed by atoms with Gasteiger partial charge < -0.3 is 11.1 Å². The van der Waals surface area contributed by atoms with Crippen molar-refractivity contribution in [2.45, 2.75) is 13.8 Å². The fraction of sp³-hybridized carbons (Fsp3) is 0.455. The summed E-state index contributed by atoms with van der Waals surface area (Å²) in [5.41, 5.74) is 7.99. The van der Waals surface area contributed by atoms with Crippen LogP contribution in [-0.2, 0) is 0 Å². The van der Waals surface area contributed by atoms with E-state index in [4.69, 9.17) is 5.73 Å². The quantitative estimate of drug-likeness (QED) is 0.870. The Balaban J connectivity index is 2.59. The van der Waals surface area contributed by atoms with Gasteiger partial charge in [-0.15, -0.1) is 0 Å². The van der Waals surface area contributed by atoms with Gasteiger partial charge in [-0.2, -0.15) is 0 Å².